The van der Waals surface area contributed by atoms with Crippen LogP contribution in [0.15, 0.2) is 66.9 Å². The van der Waals surface area contributed by atoms with Crippen molar-refractivity contribution >= 4 is 0 Å². The molecule has 1 unspecified atom stereocenters. The van der Waals surface area contributed by atoms with Crippen molar-refractivity contribution in [3.63, 3.8) is 0 Å². The van der Waals surface area contributed by atoms with E-state index in [1.54, 1.807) is 0 Å². The Morgan fingerprint density at radius 2 is 0.852 bits per heavy atom. The predicted octanol–water partition coefficient (Wildman–Crippen LogP) is 16.1. The molecule has 0 spiro atoms. The van der Waals surface area contributed by atoms with Crippen LogP contribution in [0.4, 0.5) is 0 Å². The van der Waals surface area contributed by atoms with Crippen LogP contribution in [0.1, 0.15) is 236 Å². The summed E-state index contributed by atoms with van der Waals surface area (Å²) >= 11 is 0. The predicted molar refractivity (Wildman–Crippen MR) is 238 cm³/mol. The van der Waals surface area contributed by atoms with Crippen LogP contribution >= 0.6 is 0 Å². The van der Waals surface area contributed by atoms with Gasteiger partial charge >= 0.3 is 0 Å². The Morgan fingerprint density at radius 3 is 1.30 bits per heavy atom. The molecule has 2 nitrogen and oxygen atoms in total. The monoisotopic (exact) mass is 740 g/mol. The first-order chi connectivity index (χ1) is 26.7. The van der Waals surface area contributed by atoms with Gasteiger partial charge in [0.2, 0.25) is 0 Å². The molecule has 2 heteroatoms. The third kappa shape index (κ3) is 21.1. The molecule has 0 aliphatic rings. The molecule has 0 amide bonds. The fraction of sp³-hybridized carbons (Fsp3) is 0.712. The van der Waals surface area contributed by atoms with E-state index in [1.807, 2.05) is 0 Å². The number of rotatable bonds is 36. The van der Waals surface area contributed by atoms with Crippen LogP contribution in [0.5, 0.6) is 0 Å². The van der Waals surface area contributed by atoms with Gasteiger partial charge in [0, 0.05) is 6.42 Å². The van der Waals surface area contributed by atoms with Crippen LogP contribution in [0, 0.1) is 0 Å². The summed E-state index contributed by atoms with van der Waals surface area (Å²) in [5.74, 6) is 2.04. The van der Waals surface area contributed by atoms with Crippen molar-refractivity contribution in [1.29, 1.82) is 0 Å². The normalized spacial score (nSPS) is 12.1. The fourth-order valence-electron chi connectivity index (χ4n) is 8.58. The van der Waals surface area contributed by atoms with Gasteiger partial charge in [-0.2, -0.15) is 0 Å². The van der Waals surface area contributed by atoms with Crippen LogP contribution in [-0.2, 0) is 25.9 Å². The summed E-state index contributed by atoms with van der Waals surface area (Å²) in [6.45, 7) is 9.36. The Kier molecular flexibility index (Phi) is 27.1. The van der Waals surface area contributed by atoms with Gasteiger partial charge in [0.05, 0.1) is 19.5 Å². The van der Waals surface area contributed by atoms with Crippen molar-refractivity contribution in [3.8, 4) is 0 Å². The highest BCUT2D eigenvalue weighted by molar-refractivity contribution is 5.21. The second-order valence-corrected chi connectivity index (χ2v) is 17.1. The molecular formula is C52H87N2+. The van der Waals surface area contributed by atoms with Crippen molar-refractivity contribution in [2.45, 2.75) is 239 Å². The number of unbranched alkanes of at least 4 members (excludes halogenated alkanes) is 27. The van der Waals surface area contributed by atoms with Crippen LogP contribution in [0.25, 0.3) is 0 Å². The highest BCUT2D eigenvalue weighted by Crippen LogP contribution is 2.22. The molecule has 0 N–H and O–H groups in total. The van der Waals surface area contributed by atoms with E-state index < -0.39 is 0 Å². The highest BCUT2D eigenvalue weighted by atomic mass is 15.2. The molecule has 54 heavy (non-hydrogen) atoms. The van der Waals surface area contributed by atoms with E-state index in [0.29, 0.717) is 5.92 Å². The fourth-order valence-corrected chi connectivity index (χ4v) is 8.58. The number of aryl methyl sites for hydroxylation is 1. The molecule has 0 radical (unpaired) electrons. The minimum atomic E-state index is 0.514. The van der Waals surface area contributed by atoms with Crippen LogP contribution < -0.4 is 4.57 Å². The summed E-state index contributed by atoms with van der Waals surface area (Å²) < 4.78 is 5.43. The zero-order valence-corrected chi connectivity index (χ0v) is 36.2. The first-order valence-corrected chi connectivity index (χ1v) is 23.9. The van der Waals surface area contributed by atoms with Crippen LogP contribution in [0.2, 0.25) is 0 Å². The molecule has 3 rings (SSSR count). The topological polar surface area (TPSA) is 8.81 Å². The maximum atomic E-state index is 2.76. The lowest BCUT2D eigenvalue weighted by molar-refractivity contribution is -0.710. The van der Waals surface area contributed by atoms with E-state index in [9.17, 15) is 0 Å². The number of imidazole rings is 1. The molecule has 3 aromatic rings. The summed E-state index contributed by atoms with van der Waals surface area (Å²) in [6, 6.07) is 22.4. The van der Waals surface area contributed by atoms with Gasteiger partial charge < -0.3 is 0 Å². The molecule has 0 bridgehead atoms. The average molecular weight is 740 g/mol. The third-order valence-electron chi connectivity index (χ3n) is 12.1. The Morgan fingerprint density at radius 1 is 0.463 bits per heavy atom. The van der Waals surface area contributed by atoms with E-state index in [2.05, 4.69) is 96.8 Å². The molecule has 0 saturated carbocycles. The zero-order valence-electron chi connectivity index (χ0n) is 36.2. The lowest BCUT2D eigenvalue weighted by Gasteiger charge is -2.12. The van der Waals surface area contributed by atoms with Gasteiger partial charge in [-0.05, 0) is 42.7 Å². The Labute approximate surface area is 336 Å². The van der Waals surface area contributed by atoms with Gasteiger partial charge in [0.15, 0.2) is 0 Å². The second kappa shape index (κ2) is 31.8. The van der Waals surface area contributed by atoms with E-state index in [1.165, 1.54) is 209 Å². The molecule has 304 valence electrons. The van der Waals surface area contributed by atoms with E-state index in [4.69, 9.17) is 0 Å². The van der Waals surface area contributed by atoms with E-state index in [-0.39, 0.29) is 0 Å². The van der Waals surface area contributed by atoms with Gasteiger partial charge in [0.1, 0.15) is 11.9 Å². The summed E-state index contributed by atoms with van der Waals surface area (Å²) in [5, 5.41) is 0. The van der Waals surface area contributed by atoms with E-state index in [0.717, 1.165) is 25.9 Å². The van der Waals surface area contributed by atoms with E-state index >= 15 is 0 Å². The van der Waals surface area contributed by atoms with Gasteiger partial charge in [-0.1, -0.05) is 242 Å². The van der Waals surface area contributed by atoms with Crippen molar-refractivity contribution in [2.75, 3.05) is 0 Å². The first kappa shape index (κ1) is 46.0. The van der Waals surface area contributed by atoms with Crippen molar-refractivity contribution in [3.05, 3.63) is 89.5 Å². The average Bonchev–Trinajstić information content (AvgIpc) is 3.51. The standard InChI is InChI=1S/C52H87N2/c1-4-6-8-10-12-14-16-18-19-20-22-24-26-28-30-38-44-54-51(45-48(3)50-41-35-32-36-42-50)47-53(52(54)46-49-39-33-31-34-40-49)43-37-29-27-25-23-21-17-15-13-11-9-7-5-2/h31-36,39-42,47-48H,4-30,37-38,43-46H2,1-3H3/q+1. The minimum Gasteiger partial charge on any atom is -0.234 e. The largest absolute Gasteiger partial charge is 0.261 e. The molecule has 1 atom stereocenters. The van der Waals surface area contributed by atoms with Crippen molar-refractivity contribution in [1.82, 2.24) is 4.57 Å². The molecule has 1 aromatic heterocycles. The first-order valence-electron chi connectivity index (χ1n) is 23.9. The molecule has 0 aliphatic carbocycles. The number of nitrogens with zero attached hydrogens (tertiary/aromatic N) is 2. The molecular weight excluding hydrogens is 653 g/mol. The number of benzene rings is 2. The molecule has 0 fully saturated rings. The maximum Gasteiger partial charge on any atom is 0.261 e. The van der Waals surface area contributed by atoms with Crippen LogP contribution in [0.3, 0.4) is 0 Å². The molecule has 1 heterocycles. The molecule has 0 aliphatic heterocycles. The Balaban J connectivity index is 1.48. The Hall–Kier alpha value is -2.35. The van der Waals surface area contributed by atoms with Crippen molar-refractivity contribution in [2.24, 2.45) is 0 Å². The summed E-state index contributed by atoms with van der Waals surface area (Å²) in [5.41, 5.74) is 4.43. The lowest BCUT2D eigenvalue weighted by atomic mass is 9.96. The van der Waals surface area contributed by atoms with Gasteiger partial charge in [-0.15, -0.1) is 0 Å². The summed E-state index contributed by atoms with van der Waals surface area (Å²) in [4.78, 5) is 0. The Bertz CT molecular complexity index is 1240. The van der Waals surface area contributed by atoms with Gasteiger partial charge in [-0.3, -0.25) is 0 Å². The van der Waals surface area contributed by atoms with Crippen LogP contribution in [-0.4, -0.2) is 4.57 Å². The SMILES string of the molecule is CCCCCCCCCCCCCCCCCC[n+]1c(CC(C)c2ccccc2)cn(CCCCCCCCCCCCCCC)c1Cc1ccccc1. The van der Waals surface area contributed by atoms with Crippen molar-refractivity contribution < 1.29 is 4.57 Å². The molecule has 0 saturated heterocycles. The smallest absolute Gasteiger partial charge is 0.234 e. The number of hydrogen-bond donors (Lipinski definition) is 0. The quantitative estimate of drug-likeness (QED) is 0.0415. The number of hydrogen-bond acceptors (Lipinski definition) is 0. The minimum absolute atomic E-state index is 0.514. The summed E-state index contributed by atoms with van der Waals surface area (Å²) in [6.07, 6.45) is 45.8. The highest BCUT2D eigenvalue weighted by Gasteiger charge is 2.25. The lowest BCUT2D eigenvalue weighted by Crippen LogP contribution is -2.41. The van der Waals surface area contributed by atoms with Gasteiger partial charge in [-0.25, -0.2) is 9.13 Å². The van der Waals surface area contributed by atoms with Gasteiger partial charge in [0.25, 0.3) is 5.82 Å². The molecule has 2 aromatic carbocycles. The summed E-state index contributed by atoms with van der Waals surface area (Å²) in [7, 11) is 0. The zero-order chi connectivity index (χ0) is 38.2. The maximum absolute atomic E-state index is 2.76. The number of aromatic nitrogens is 2. The third-order valence-corrected chi connectivity index (χ3v) is 12.1. The second-order valence-electron chi connectivity index (χ2n) is 17.1.